The Kier molecular flexibility index (Phi) is 3.00. The smallest absolute Gasteiger partial charge is 0.359 e. The van der Waals surface area contributed by atoms with E-state index in [1.807, 2.05) is 0 Å². The van der Waals surface area contributed by atoms with Crippen molar-refractivity contribution in [2.24, 2.45) is 5.41 Å². The van der Waals surface area contributed by atoms with Crippen molar-refractivity contribution in [3.05, 3.63) is 5.01 Å². The van der Waals surface area contributed by atoms with Gasteiger partial charge in [-0.05, 0) is 12.8 Å². The minimum Gasteiger partial charge on any atom is -0.359 e. The molecule has 2 rings (SSSR count). The molecule has 0 aromatic carbocycles. The van der Waals surface area contributed by atoms with Gasteiger partial charge in [-0.2, -0.15) is 13.2 Å². The normalized spacial score (nSPS) is 18.5. The van der Waals surface area contributed by atoms with E-state index in [1.165, 1.54) is 0 Å². The van der Waals surface area contributed by atoms with E-state index in [-0.39, 0.29) is 10.5 Å². The molecule has 0 unspecified atom stereocenters. The van der Waals surface area contributed by atoms with Gasteiger partial charge in [0.05, 0.1) is 0 Å². The second kappa shape index (κ2) is 4.03. The van der Waals surface area contributed by atoms with Crippen LogP contribution >= 0.6 is 22.9 Å². The second-order valence-electron chi connectivity index (χ2n) is 3.90. The van der Waals surface area contributed by atoms with E-state index in [9.17, 15) is 13.2 Å². The molecule has 1 aliphatic carbocycles. The van der Waals surface area contributed by atoms with Crippen LogP contribution in [0.25, 0.3) is 0 Å². The summed E-state index contributed by atoms with van der Waals surface area (Å²) in [7, 11) is 0. The van der Waals surface area contributed by atoms with Gasteiger partial charge < -0.3 is 5.32 Å². The Labute approximate surface area is 99.0 Å². The van der Waals surface area contributed by atoms with Crippen molar-refractivity contribution < 1.29 is 13.2 Å². The molecule has 1 saturated carbocycles. The van der Waals surface area contributed by atoms with Gasteiger partial charge in [-0.3, -0.25) is 0 Å². The first kappa shape index (κ1) is 11.9. The van der Waals surface area contributed by atoms with Gasteiger partial charge in [-0.15, -0.1) is 21.8 Å². The zero-order valence-electron chi connectivity index (χ0n) is 8.14. The molecule has 1 aromatic rings. The molecule has 1 heterocycles. The lowest BCUT2D eigenvalue weighted by atomic mass is 10.1. The number of hydrogen-bond acceptors (Lipinski definition) is 4. The van der Waals surface area contributed by atoms with Crippen LogP contribution in [0.15, 0.2) is 0 Å². The van der Waals surface area contributed by atoms with E-state index in [0.717, 1.165) is 12.8 Å². The van der Waals surface area contributed by atoms with Crippen molar-refractivity contribution in [1.29, 1.82) is 0 Å². The Hall–Kier alpha value is -0.560. The molecule has 16 heavy (non-hydrogen) atoms. The Bertz CT molecular complexity index is 375. The van der Waals surface area contributed by atoms with Crippen LogP contribution < -0.4 is 5.32 Å². The first-order chi connectivity index (χ1) is 7.45. The number of alkyl halides is 4. The van der Waals surface area contributed by atoms with Crippen LogP contribution in [-0.2, 0) is 6.18 Å². The van der Waals surface area contributed by atoms with Crippen molar-refractivity contribution >= 4 is 28.1 Å². The third-order valence-corrected chi connectivity index (χ3v) is 4.02. The minimum atomic E-state index is -4.42. The summed E-state index contributed by atoms with van der Waals surface area (Å²) in [4.78, 5) is 0. The fourth-order valence-electron chi connectivity index (χ4n) is 1.21. The number of aromatic nitrogens is 2. The van der Waals surface area contributed by atoms with Crippen LogP contribution in [0.2, 0.25) is 0 Å². The fourth-order valence-corrected chi connectivity index (χ4v) is 2.18. The van der Waals surface area contributed by atoms with Gasteiger partial charge >= 0.3 is 6.18 Å². The Morgan fingerprint density at radius 2 is 2.06 bits per heavy atom. The molecule has 90 valence electrons. The Morgan fingerprint density at radius 3 is 2.50 bits per heavy atom. The number of rotatable bonds is 4. The molecule has 1 aliphatic rings. The molecule has 0 amide bonds. The molecule has 0 spiro atoms. The summed E-state index contributed by atoms with van der Waals surface area (Å²) in [5.74, 6) is 0.519. The molecule has 0 radical (unpaired) electrons. The van der Waals surface area contributed by atoms with Crippen LogP contribution in [0.3, 0.4) is 0 Å². The molecule has 1 aromatic heterocycles. The highest BCUT2D eigenvalue weighted by atomic mass is 35.5. The van der Waals surface area contributed by atoms with Crippen molar-refractivity contribution in [3.63, 3.8) is 0 Å². The Morgan fingerprint density at radius 1 is 1.38 bits per heavy atom. The number of nitrogens with zero attached hydrogens (tertiary/aromatic N) is 2. The van der Waals surface area contributed by atoms with Gasteiger partial charge in [-0.25, -0.2) is 0 Å². The van der Waals surface area contributed by atoms with Crippen LogP contribution in [0.4, 0.5) is 18.3 Å². The third kappa shape index (κ3) is 2.57. The predicted molar refractivity (Wildman–Crippen MR) is 55.8 cm³/mol. The highest BCUT2D eigenvalue weighted by Crippen LogP contribution is 2.46. The zero-order valence-corrected chi connectivity index (χ0v) is 9.72. The number of anilines is 1. The molecule has 1 N–H and O–H groups in total. The van der Waals surface area contributed by atoms with Gasteiger partial charge in [0.25, 0.3) is 0 Å². The van der Waals surface area contributed by atoms with Gasteiger partial charge in [0.1, 0.15) is 0 Å². The molecule has 3 nitrogen and oxygen atoms in total. The summed E-state index contributed by atoms with van der Waals surface area (Å²) in [5.41, 5.74) is 0.0472. The van der Waals surface area contributed by atoms with Crippen molar-refractivity contribution in [2.75, 3.05) is 17.7 Å². The largest absolute Gasteiger partial charge is 0.445 e. The molecule has 0 atom stereocenters. The van der Waals surface area contributed by atoms with Gasteiger partial charge in [0.15, 0.2) is 0 Å². The number of hydrogen-bond donors (Lipinski definition) is 1. The standard InChI is InChI=1S/C8H9ClF3N3S/c9-3-7(1-2-7)4-13-6-15-14-5(16-6)8(10,11)12/h1-4H2,(H,13,15). The molecule has 8 heteroatoms. The van der Waals surface area contributed by atoms with Crippen molar-refractivity contribution in [3.8, 4) is 0 Å². The summed E-state index contributed by atoms with van der Waals surface area (Å²) in [6.07, 6.45) is -2.40. The topological polar surface area (TPSA) is 37.8 Å². The highest BCUT2D eigenvalue weighted by Gasteiger charge is 2.42. The monoisotopic (exact) mass is 271 g/mol. The Balaban J connectivity index is 1.93. The van der Waals surface area contributed by atoms with E-state index >= 15 is 0 Å². The molecular weight excluding hydrogens is 263 g/mol. The summed E-state index contributed by atoms with van der Waals surface area (Å²) >= 11 is 6.26. The zero-order chi connectivity index (χ0) is 11.8. The van der Waals surface area contributed by atoms with Gasteiger partial charge in [-0.1, -0.05) is 11.3 Å². The lowest BCUT2D eigenvalue weighted by Crippen LogP contribution is -2.16. The predicted octanol–water partition coefficient (Wildman–Crippen LogP) is 2.99. The first-order valence-electron chi connectivity index (χ1n) is 4.66. The maximum Gasteiger partial charge on any atom is 0.445 e. The van der Waals surface area contributed by atoms with E-state index in [4.69, 9.17) is 11.6 Å². The van der Waals surface area contributed by atoms with Gasteiger partial charge in [0.2, 0.25) is 10.1 Å². The molecule has 0 bridgehead atoms. The van der Waals surface area contributed by atoms with Crippen LogP contribution in [0.1, 0.15) is 17.8 Å². The van der Waals surface area contributed by atoms with Gasteiger partial charge in [0, 0.05) is 17.8 Å². The molecule has 0 saturated heterocycles. The first-order valence-corrected chi connectivity index (χ1v) is 6.01. The highest BCUT2D eigenvalue weighted by molar-refractivity contribution is 7.15. The van der Waals surface area contributed by atoms with Crippen LogP contribution in [-0.4, -0.2) is 22.6 Å². The molecule has 0 aliphatic heterocycles. The van der Waals surface area contributed by atoms with Crippen molar-refractivity contribution in [1.82, 2.24) is 10.2 Å². The third-order valence-electron chi connectivity index (χ3n) is 2.52. The fraction of sp³-hybridized carbons (Fsp3) is 0.750. The van der Waals surface area contributed by atoms with E-state index in [2.05, 4.69) is 15.5 Å². The summed E-state index contributed by atoms with van der Waals surface area (Å²) in [6.45, 7) is 0.559. The summed E-state index contributed by atoms with van der Waals surface area (Å²) < 4.78 is 36.6. The average molecular weight is 272 g/mol. The molecule has 1 fully saturated rings. The SMILES string of the molecule is FC(F)(F)c1nnc(NCC2(CCl)CC2)s1. The quantitative estimate of drug-likeness (QED) is 0.856. The minimum absolute atomic E-state index is 0.0472. The van der Waals surface area contributed by atoms with E-state index < -0.39 is 11.2 Å². The average Bonchev–Trinajstić information content (AvgIpc) is 2.83. The van der Waals surface area contributed by atoms with Crippen molar-refractivity contribution in [2.45, 2.75) is 19.0 Å². The molecular formula is C8H9ClF3N3S. The number of nitrogens with one attached hydrogen (secondary N) is 1. The maximum absolute atomic E-state index is 12.2. The maximum atomic E-state index is 12.2. The van der Waals surface area contributed by atoms with Crippen LogP contribution in [0, 0.1) is 5.41 Å². The lowest BCUT2D eigenvalue weighted by molar-refractivity contribution is -0.138. The number of halogens is 4. The lowest BCUT2D eigenvalue weighted by Gasteiger charge is -2.10. The van der Waals surface area contributed by atoms with Crippen LogP contribution in [0.5, 0.6) is 0 Å². The summed E-state index contributed by atoms with van der Waals surface area (Å²) in [5, 5.41) is 8.65. The second-order valence-corrected chi connectivity index (χ2v) is 5.14. The summed E-state index contributed by atoms with van der Waals surface area (Å²) in [6, 6.07) is 0. The van der Waals surface area contributed by atoms with E-state index in [0.29, 0.717) is 23.8 Å². The van der Waals surface area contributed by atoms with E-state index in [1.54, 1.807) is 0 Å².